The van der Waals surface area contributed by atoms with E-state index < -0.39 is 0 Å². The fraction of sp³-hybridized carbons (Fsp3) is 0.944. The molecule has 0 rings (SSSR count). The summed E-state index contributed by atoms with van der Waals surface area (Å²) >= 11 is 0. The molecule has 0 aromatic heterocycles. The topological polar surface area (TPSA) is 26.3 Å². The van der Waals surface area contributed by atoms with Crippen molar-refractivity contribution >= 4 is 16.5 Å². The first kappa shape index (κ1) is 20.7. The quantitative estimate of drug-likeness (QED) is 0.361. The van der Waals surface area contributed by atoms with E-state index in [4.69, 9.17) is 4.43 Å². The maximum atomic E-state index is 12.4. The lowest BCUT2D eigenvalue weighted by molar-refractivity contribution is -0.149. The highest BCUT2D eigenvalue weighted by Gasteiger charge is 2.39. The van der Waals surface area contributed by atoms with Gasteiger partial charge in [-0.2, -0.15) is 0 Å². The molecule has 0 bridgehead atoms. The standard InChI is InChI=1S/C18H38O2Si/c1-5-8-10-12-14-16(7-3)18(4,17(19)20-21)15-13-11-9-6-2/h16H,5-15H2,1-4,21H3. The normalized spacial score (nSPS) is 15.6. The van der Waals surface area contributed by atoms with Crippen molar-refractivity contribution in [1.82, 2.24) is 0 Å². The van der Waals surface area contributed by atoms with Gasteiger partial charge in [0.25, 0.3) is 5.97 Å². The molecule has 0 amide bonds. The van der Waals surface area contributed by atoms with Crippen LogP contribution in [-0.4, -0.2) is 16.5 Å². The molecular formula is C18H38O2Si. The van der Waals surface area contributed by atoms with Crippen LogP contribution in [0.3, 0.4) is 0 Å². The van der Waals surface area contributed by atoms with Crippen molar-refractivity contribution in [3.63, 3.8) is 0 Å². The Morgan fingerprint density at radius 1 is 1.00 bits per heavy atom. The number of rotatable bonds is 13. The molecule has 126 valence electrons. The summed E-state index contributed by atoms with van der Waals surface area (Å²) in [4.78, 5) is 12.4. The van der Waals surface area contributed by atoms with E-state index in [0.717, 1.165) is 19.3 Å². The van der Waals surface area contributed by atoms with Gasteiger partial charge in [-0.3, -0.25) is 4.79 Å². The molecule has 0 aliphatic rings. The zero-order valence-corrected chi connectivity index (χ0v) is 17.2. The number of hydrogen-bond donors (Lipinski definition) is 0. The maximum Gasteiger partial charge on any atom is 0.298 e. The first-order valence-corrected chi connectivity index (χ1v) is 9.96. The number of carbonyl (C=O) groups excluding carboxylic acids is 1. The Labute approximate surface area is 136 Å². The van der Waals surface area contributed by atoms with Gasteiger partial charge >= 0.3 is 0 Å². The lowest BCUT2D eigenvalue weighted by atomic mass is 9.70. The van der Waals surface area contributed by atoms with Gasteiger partial charge in [0.1, 0.15) is 0 Å². The summed E-state index contributed by atoms with van der Waals surface area (Å²) < 4.78 is 5.28. The van der Waals surface area contributed by atoms with E-state index in [2.05, 4.69) is 27.7 Å². The monoisotopic (exact) mass is 314 g/mol. The molecule has 0 fully saturated rings. The lowest BCUT2D eigenvalue weighted by Gasteiger charge is -2.35. The zero-order chi connectivity index (χ0) is 16.1. The minimum absolute atomic E-state index is 0.0630. The van der Waals surface area contributed by atoms with Crippen molar-refractivity contribution in [1.29, 1.82) is 0 Å². The average molecular weight is 315 g/mol. The number of hydrogen-bond acceptors (Lipinski definition) is 2. The SMILES string of the molecule is CCCCCCC(CC)C(C)(CCCCCC)C(=O)O[SiH3]. The average Bonchev–Trinajstić information content (AvgIpc) is 2.50. The fourth-order valence-electron chi connectivity index (χ4n) is 3.42. The van der Waals surface area contributed by atoms with Crippen molar-refractivity contribution in [2.75, 3.05) is 0 Å². The van der Waals surface area contributed by atoms with E-state index in [1.54, 1.807) is 0 Å². The zero-order valence-electron chi connectivity index (χ0n) is 15.2. The van der Waals surface area contributed by atoms with E-state index >= 15 is 0 Å². The Kier molecular flexibility index (Phi) is 12.1. The van der Waals surface area contributed by atoms with Crippen molar-refractivity contribution in [3.05, 3.63) is 0 Å². The second kappa shape index (κ2) is 12.3. The van der Waals surface area contributed by atoms with Crippen LogP contribution >= 0.6 is 0 Å². The molecule has 21 heavy (non-hydrogen) atoms. The third-order valence-corrected chi connectivity index (χ3v) is 5.37. The Bertz CT molecular complexity index is 268. The summed E-state index contributed by atoms with van der Waals surface area (Å²) in [5, 5.41) is 0. The van der Waals surface area contributed by atoms with Crippen LogP contribution in [0.15, 0.2) is 0 Å². The molecular weight excluding hydrogens is 276 g/mol. The summed E-state index contributed by atoms with van der Waals surface area (Å²) in [5.74, 6) is 0.547. The highest BCUT2D eigenvalue weighted by Crippen LogP contribution is 2.39. The highest BCUT2D eigenvalue weighted by molar-refractivity contribution is 6.06. The van der Waals surface area contributed by atoms with Crippen molar-refractivity contribution in [3.8, 4) is 0 Å². The molecule has 0 spiro atoms. The fourth-order valence-corrected chi connectivity index (χ4v) is 3.88. The number of unbranched alkanes of at least 4 members (excludes halogenated alkanes) is 6. The summed E-state index contributed by atoms with van der Waals surface area (Å²) in [5.41, 5.74) is -0.254. The van der Waals surface area contributed by atoms with E-state index in [0.29, 0.717) is 16.4 Å². The van der Waals surface area contributed by atoms with Crippen LogP contribution in [0.1, 0.15) is 98.3 Å². The predicted molar refractivity (Wildman–Crippen MR) is 95.4 cm³/mol. The van der Waals surface area contributed by atoms with Crippen LogP contribution in [-0.2, 0) is 9.22 Å². The van der Waals surface area contributed by atoms with Gasteiger partial charge in [0.2, 0.25) is 10.5 Å². The molecule has 0 aliphatic heterocycles. The van der Waals surface area contributed by atoms with Gasteiger partial charge in [0.05, 0.1) is 5.41 Å². The van der Waals surface area contributed by atoms with Crippen LogP contribution in [0.2, 0.25) is 0 Å². The van der Waals surface area contributed by atoms with Crippen LogP contribution in [0.5, 0.6) is 0 Å². The first-order valence-electron chi connectivity index (χ1n) is 9.15. The molecule has 0 aromatic carbocycles. The summed E-state index contributed by atoms with van der Waals surface area (Å²) in [6, 6.07) is 0. The minimum Gasteiger partial charge on any atom is -0.528 e. The van der Waals surface area contributed by atoms with Gasteiger partial charge in [0, 0.05) is 0 Å². The summed E-state index contributed by atoms with van der Waals surface area (Å²) in [7, 11) is 0.519. The van der Waals surface area contributed by atoms with Gasteiger partial charge in [-0.05, 0) is 25.7 Å². The molecule has 0 aromatic rings. The molecule has 3 heteroatoms. The van der Waals surface area contributed by atoms with Gasteiger partial charge in [-0.25, -0.2) is 0 Å². The second-order valence-electron chi connectivity index (χ2n) is 6.67. The minimum atomic E-state index is -0.254. The largest absolute Gasteiger partial charge is 0.528 e. The Morgan fingerprint density at radius 2 is 1.57 bits per heavy atom. The van der Waals surface area contributed by atoms with Gasteiger partial charge in [-0.15, -0.1) is 0 Å². The molecule has 0 heterocycles. The Hall–Kier alpha value is -0.313. The van der Waals surface area contributed by atoms with Crippen LogP contribution in [0.25, 0.3) is 0 Å². The summed E-state index contributed by atoms with van der Waals surface area (Å²) in [6.07, 6.45) is 13.3. The molecule has 0 radical (unpaired) electrons. The van der Waals surface area contributed by atoms with E-state index in [-0.39, 0.29) is 11.4 Å². The number of carbonyl (C=O) groups is 1. The molecule has 0 N–H and O–H groups in total. The smallest absolute Gasteiger partial charge is 0.298 e. The molecule has 0 aliphatic carbocycles. The summed E-state index contributed by atoms with van der Waals surface area (Å²) in [6.45, 7) is 8.87. The molecule has 0 saturated carbocycles. The maximum absolute atomic E-state index is 12.4. The van der Waals surface area contributed by atoms with Gasteiger partial charge < -0.3 is 4.43 Å². The highest BCUT2D eigenvalue weighted by atomic mass is 28.2. The van der Waals surface area contributed by atoms with E-state index in [1.165, 1.54) is 51.4 Å². The Morgan fingerprint density at radius 3 is 2.05 bits per heavy atom. The van der Waals surface area contributed by atoms with E-state index in [1.807, 2.05) is 0 Å². The lowest BCUT2D eigenvalue weighted by Crippen LogP contribution is -2.37. The van der Waals surface area contributed by atoms with Crippen molar-refractivity contribution in [2.45, 2.75) is 98.3 Å². The second-order valence-corrected chi connectivity index (χ2v) is 7.08. The molecule has 2 nitrogen and oxygen atoms in total. The van der Waals surface area contributed by atoms with Crippen molar-refractivity contribution < 1.29 is 9.22 Å². The predicted octanol–water partition coefficient (Wildman–Crippen LogP) is 4.78. The van der Waals surface area contributed by atoms with Crippen LogP contribution < -0.4 is 0 Å². The molecule has 0 saturated heterocycles. The molecule has 2 atom stereocenters. The Balaban J connectivity index is 4.61. The van der Waals surface area contributed by atoms with E-state index in [9.17, 15) is 4.79 Å². The third kappa shape index (κ3) is 7.48. The third-order valence-electron chi connectivity index (χ3n) is 5.00. The van der Waals surface area contributed by atoms with Crippen LogP contribution in [0.4, 0.5) is 0 Å². The van der Waals surface area contributed by atoms with Gasteiger partial charge in [-0.1, -0.05) is 78.6 Å². The molecule has 2 unspecified atom stereocenters. The first-order chi connectivity index (χ1) is 10.1. The van der Waals surface area contributed by atoms with Gasteiger partial charge in [0.15, 0.2) is 0 Å². The van der Waals surface area contributed by atoms with Crippen molar-refractivity contribution in [2.24, 2.45) is 11.3 Å². The van der Waals surface area contributed by atoms with Crippen LogP contribution in [0, 0.1) is 11.3 Å².